The maximum absolute atomic E-state index is 2.82. The number of hydrogen-bond donors (Lipinski definition) is 0. The lowest BCUT2D eigenvalue weighted by molar-refractivity contribution is 0.589. The van der Waals surface area contributed by atoms with Crippen LogP contribution in [0.4, 0.5) is 34.1 Å². The van der Waals surface area contributed by atoms with E-state index in [9.17, 15) is 0 Å². The first-order chi connectivity index (χ1) is 70.5. The van der Waals surface area contributed by atoms with Gasteiger partial charge in [-0.2, -0.15) is 0 Å². The molecule has 20 aromatic carbocycles. The highest BCUT2D eigenvalue weighted by atomic mass is 15.2. The number of hydrogen-bond acceptors (Lipinski definition) is 2. The Morgan fingerprint density at radius 2 is 0.473 bits per heavy atom. The molecule has 0 radical (unpaired) electrons. The minimum absolute atomic E-state index is 0.305. The first kappa shape index (κ1) is 89.5. The highest BCUT2D eigenvalue weighted by Crippen LogP contribution is 2.59. The SMILES string of the molecule is CC(C)(C)c1cc2cc(c1)-c1cc(C(C)(C)C)cc(-c3ccccc3)c1N1c3cc(-n4c5ccccc5c5cc(-c6cccc(-c7ccccc7)c6)ccc54)ccc3B3c4ccc(-n5c6ccccc6c6cc(-c7cccc(-c8ccccc8)c7)ccc65)cc4N(c4cc(C(C)(C)C)cc1c43)c1c(-c3ccccc3)cc(C(C)(C)C)cc1-c1cc(ccc1C(C)(C)C)-c1ccc3c(c1)c1cc-2ccc1n3-c1ccccc1. The van der Waals surface area contributed by atoms with Gasteiger partial charge in [-0.25, -0.2) is 0 Å². The zero-order valence-corrected chi connectivity index (χ0v) is 85.8. The van der Waals surface area contributed by atoms with E-state index < -0.39 is 5.41 Å². The second-order valence-electron chi connectivity index (χ2n) is 46.1. The Balaban J connectivity index is 0.841. The van der Waals surface area contributed by atoms with Gasteiger partial charge >= 0.3 is 0 Å². The van der Waals surface area contributed by atoms with Crippen molar-refractivity contribution >= 4 is 123 Å². The fourth-order valence-corrected chi connectivity index (χ4v) is 24.0. The zero-order valence-electron chi connectivity index (χ0n) is 85.8. The van der Waals surface area contributed by atoms with Gasteiger partial charge in [-0.1, -0.05) is 377 Å². The van der Waals surface area contributed by atoms with Crippen LogP contribution in [0.15, 0.2) is 431 Å². The quantitative estimate of drug-likeness (QED) is 0.134. The Hall–Kier alpha value is -16.5. The van der Waals surface area contributed by atoms with Gasteiger partial charge in [0.1, 0.15) is 0 Å². The zero-order chi connectivity index (χ0) is 99.5. The van der Waals surface area contributed by atoms with Crippen molar-refractivity contribution in [2.45, 2.75) is 131 Å². The molecule has 0 saturated carbocycles. The molecule has 5 nitrogen and oxygen atoms in total. The second kappa shape index (κ2) is 33.5. The molecule has 0 unspecified atom stereocenters. The molecule has 3 aromatic heterocycles. The predicted octanol–water partition coefficient (Wildman–Crippen LogP) is 36.5. The summed E-state index contributed by atoms with van der Waals surface area (Å²) in [6, 6.07) is 167. The molecule has 6 heteroatoms. The van der Waals surface area contributed by atoms with E-state index in [2.05, 4.69) is 558 Å². The molecule has 0 N–H and O–H groups in total. The molecule has 26 rings (SSSR count). The molecule has 0 amide bonds. The topological polar surface area (TPSA) is 21.3 Å². The number of para-hydroxylation sites is 3. The molecule has 3 aliphatic heterocycles. The Labute approximate surface area is 857 Å². The fourth-order valence-electron chi connectivity index (χ4n) is 24.0. The van der Waals surface area contributed by atoms with Crippen molar-refractivity contribution in [3.05, 3.63) is 459 Å². The van der Waals surface area contributed by atoms with Crippen LogP contribution in [0, 0.1) is 0 Å². The minimum Gasteiger partial charge on any atom is -0.310 e. The summed E-state index contributed by atoms with van der Waals surface area (Å²) in [5.74, 6) is 0. The van der Waals surface area contributed by atoms with Crippen molar-refractivity contribution < 1.29 is 0 Å². The third-order valence-electron chi connectivity index (χ3n) is 31.6. The summed E-state index contributed by atoms with van der Waals surface area (Å²) in [5, 5.41) is 7.14. The Bertz CT molecular complexity index is 9300. The first-order valence-corrected chi connectivity index (χ1v) is 51.9. The van der Waals surface area contributed by atoms with Gasteiger partial charge < -0.3 is 23.5 Å². The lowest BCUT2D eigenvalue weighted by Crippen LogP contribution is -2.61. The molecular weight excluding hydrogens is 1760 g/mol. The van der Waals surface area contributed by atoms with Crippen molar-refractivity contribution in [3.63, 3.8) is 0 Å². The molecule has 0 fully saturated rings. The molecule has 6 heterocycles. The van der Waals surface area contributed by atoms with Gasteiger partial charge in [-0.15, -0.1) is 0 Å². The van der Waals surface area contributed by atoms with Gasteiger partial charge in [0.05, 0.1) is 44.5 Å². The molecule has 0 aliphatic carbocycles. The largest absolute Gasteiger partial charge is 0.310 e. The highest BCUT2D eigenvalue weighted by Gasteiger charge is 2.48. The monoisotopic (exact) mass is 1880 g/mol. The van der Waals surface area contributed by atoms with Crippen LogP contribution >= 0.6 is 0 Å². The van der Waals surface area contributed by atoms with Crippen molar-refractivity contribution in [2.75, 3.05) is 9.80 Å². The van der Waals surface area contributed by atoms with Crippen LogP contribution in [-0.4, -0.2) is 20.4 Å². The van der Waals surface area contributed by atoms with Gasteiger partial charge in [-0.05, 0) is 318 Å². The van der Waals surface area contributed by atoms with E-state index in [0.717, 1.165) is 145 Å². The molecule has 23 aromatic rings. The lowest BCUT2D eigenvalue weighted by atomic mass is 9.33. The Kier molecular flexibility index (Phi) is 20.6. The van der Waals surface area contributed by atoms with Gasteiger partial charge in [0.25, 0.3) is 6.71 Å². The third kappa shape index (κ3) is 14.9. The smallest absolute Gasteiger partial charge is 0.252 e. The third-order valence-corrected chi connectivity index (χ3v) is 31.6. The van der Waals surface area contributed by atoms with E-state index in [-0.39, 0.29) is 28.4 Å². The predicted molar refractivity (Wildman–Crippen MR) is 625 cm³/mol. The highest BCUT2D eigenvalue weighted by molar-refractivity contribution is 7.00. The van der Waals surface area contributed by atoms with Crippen LogP contribution in [0.3, 0.4) is 0 Å². The van der Waals surface area contributed by atoms with E-state index in [1.54, 1.807) is 0 Å². The summed E-state index contributed by atoms with van der Waals surface area (Å²) in [7, 11) is 0. The molecule has 0 atom stereocenters. The normalized spacial score (nSPS) is 13.0. The van der Waals surface area contributed by atoms with Gasteiger partial charge in [-0.3, -0.25) is 0 Å². The molecule has 0 saturated heterocycles. The van der Waals surface area contributed by atoms with Crippen molar-refractivity contribution in [1.29, 1.82) is 0 Å². The number of aromatic nitrogens is 3. The summed E-state index contributed by atoms with van der Waals surface area (Å²) < 4.78 is 7.63. The number of fused-ring (bicyclic) bond motifs is 26. The molecule has 3 aliphatic rings. The molecule has 146 heavy (non-hydrogen) atoms. The van der Waals surface area contributed by atoms with Crippen LogP contribution < -0.4 is 26.2 Å². The van der Waals surface area contributed by atoms with E-state index in [1.165, 1.54) is 127 Å². The van der Waals surface area contributed by atoms with Gasteiger partial charge in [0.2, 0.25) is 0 Å². The summed E-state index contributed by atoms with van der Waals surface area (Å²) in [6.45, 7) is 35.9. The number of anilines is 6. The van der Waals surface area contributed by atoms with E-state index in [0.29, 0.717) is 0 Å². The number of nitrogens with zero attached hydrogens (tertiary/aromatic N) is 5. The number of benzene rings is 20. The van der Waals surface area contributed by atoms with Crippen molar-refractivity contribution in [1.82, 2.24) is 13.7 Å². The van der Waals surface area contributed by atoms with E-state index in [1.807, 2.05) is 0 Å². The average molecular weight is 1880 g/mol. The second-order valence-corrected chi connectivity index (χ2v) is 46.1. The summed E-state index contributed by atoms with van der Waals surface area (Å²) in [4.78, 5) is 5.64. The average Bonchev–Trinajstić information content (AvgIpc) is 0.739. The maximum Gasteiger partial charge on any atom is 0.252 e. The lowest BCUT2D eigenvalue weighted by Gasteiger charge is -2.47. The summed E-state index contributed by atoms with van der Waals surface area (Å²) in [6.07, 6.45) is 0. The van der Waals surface area contributed by atoms with Crippen LogP contribution in [0.2, 0.25) is 0 Å². The summed E-state index contributed by atoms with van der Waals surface area (Å²) >= 11 is 0. The molecule has 13 bridgehead atoms. The fraction of sp³-hybridized carbons (Fsp3) is 0.143. The molecule has 704 valence electrons. The minimum atomic E-state index is -0.445. The van der Waals surface area contributed by atoms with Crippen LogP contribution in [0.25, 0.3) is 194 Å². The molecule has 0 spiro atoms. The molecular formula is C140H116BN5. The van der Waals surface area contributed by atoms with Gasteiger partial charge in [0, 0.05) is 94.4 Å². The standard InChI is InChI=1S/C140H116BN5/c1-136(2,3)102-72-100-71-101(73-102)113-81-103(137(4,5)6)79-111(89-41-25-18-26-42-89)134(113)145-129-85-107(143-123-53-33-31-51-109(123)115-75-96(56-65-125(115)143)93-47-35-45-91(69-93)87-37-21-16-22-38-87)60-63-121(129)141-122-64-61-108(144-124-54-34-32-52-110(124)116-76-97(57-66-126(116)144)94-48-36-46-92(70-94)88-39-23-17-24-40-88)86-130(122)146(132-84-105(139(10,11)12)83-131(145)133(132)141)135-112(90-43-27-19-28-44-90)80-104(138(7,8)9)82-119(135)114-74-95(55-62-120(114)140(13,14)15)98-58-67-127-117(77-98)118-78-99(100)59-68-128(118)142(127)106-49-29-20-30-50-106/h16-86H,1-15H3. The van der Waals surface area contributed by atoms with Crippen molar-refractivity contribution in [2.24, 2.45) is 0 Å². The number of rotatable bonds is 9. The van der Waals surface area contributed by atoms with Crippen LogP contribution in [-0.2, 0) is 27.1 Å². The van der Waals surface area contributed by atoms with E-state index in [4.69, 9.17) is 0 Å². The summed E-state index contributed by atoms with van der Waals surface area (Å²) in [5.41, 5.74) is 48.0. The Morgan fingerprint density at radius 3 is 0.897 bits per heavy atom. The first-order valence-electron chi connectivity index (χ1n) is 51.9. The van der Waals surface area contributed by atoms with E-state index >= 15 is 0 Å². The Morgan fingerprint density at radius 1 is 0.171 bits per heavy atom. The maximum atomic E-state index is 2.82. The van der Waals surface area contributed by atoms with Crippen LogP contribution in [0.5, 0.6) is 0 Å². The van der Waals surface area contributed by atoms with Gasteiger partial charge in [0.15, 0.2) is 0 Å². The van der Waals surface area contributed by atoms with Crippen LogP contribution in [0.1, 0.15) is 132 Å². The van der Waals surface area contributed by atoms with Crippen molar-refractivity contribution in [3.8, 4) is 128 Å².